The Morgan fingerprint density at radius 2 is 2.12 bits per heavy atom. The van der Waals surface area contributed by atoms with Crippen molar-refractivity contribution in [3.63, 3.8) is 0 Å². The molecule has 0 amide bonds. The molecule has 0 spiro atoms. The summed E-state index contributed by atoms with van der Waals surface area (Å²) in [7, 11) is 0. The van der Waals surface area contributed by atoms with Crippen molar-refractivity contribution in [3.05, 3.63) is 39.9 Å². The molecule has 2 rings (SSSR count). The molecule has 0 aromatic heterocycles. The molecule has 1 aromatic carbocycles. The van der Waals surface area contributed by atoms with E-state index in [1.54, 1.807) is 6.08 Å². The van der Waals surface area contributed by atoms with Crippen LogP contribution in [0.3, 0.4) is 0 Å². The van der Waals surface area contributed by atoms with E-state index in [1.807, 2.05) is 0 Å². The SMILES string of the molecule is Fc1ccc(Br)c(F)c1/C=C/CCNC1CC1. The molecule has 4 heteroatoms. The molecule has 1 nitrogen and oxygen atoms in total. The molecule has 1 aliphatic carbocycles. The summed E-state index contributed by atoms with van der Waals surface area (Å²) in [6.45, 7) is 0.860. The van der Waals surface area contributed by atoms with Crippen LogP contribution in [0.2, 0.25) is 0 Å². The van der Waals surface area contributed by atoms with Crippen molar-refractivity contribution in [2.24, 2.45) is 0 Å². The lowest BCUT2D eigenvalue weighted by atomic mass is 10.1. The van der Waals surface area contributed by atoms with Crippen molar-refractivity contribution >= 4 is 22.0 Å². The number of rotatable bonds is 5. The van der Waals surface area contributed by atoms with Gasteiger partial charge in [0.25, 0.3) is 0 Å². The van der Waals surface area contributed by atoms with E-state index in [0.29, 0.717) is 6.04 Å². The van der Waals surface area contributed by atoms with E-state index in [0.717, 1.165) is 13.0 Å². The van der Waals surface area contributed by atoms with Crippen molar-refractivity contribution < 1.29 is 8.78 Å². The monoisotopic (exact) mass is 301 g/mol. The molecule has 1 N–H and O–H groups in total. The number of hydrogen-bond donors (Lipinski definition) is 1. The molecule has 0 radical (unpaired) electrons. The van der Waals surface area contributed by atoms with Crippen LogP contribution >= 0.6 is 15.9 Å². The number of halogens is 3. The average molecular weight is 302 g/mol. The van der Waals surface area contributed by atoms with Crippen molar-refractivity contribution in [1.82, 2.24) is 5.32 Å². The minimum Gasteiger partial charge on any atom is -0.314 e. The van der Waals surface area contributed by atoms with Crippen LogP contribution in [0.25, 0.3) is 6.08 Å². The van der Waals surface area contributed by atoms with Crippen LogP contribution in [0.4, 0.5) is 8.78 Å². The minimum atomic E-state index is -0.545. The zero-order chi connectivity index (χ0) is 12.3. The Kier molecular flexibility index (Phi) is 4.29. The van der Waals surface area contributed by atoms with Gasteiger partial charge in [0.2, 0.25) is 0 Å². The normalized spacial score (nSPS) is 15.7. The third kappa shape index (κ3) is 3.61. The molecule has 1 aliphatic rings. The summed E-state index contributed by atoms with van der Waals surface area (Å²) in [4.78, 5) is 0. The molecule has 0 atom stereocenters. The van der Waals surface area contributed by atoms with E-state index in [1.165, 1.54) is 31.1 Å². The Morgan fingerprint density at radius 1 is 1.35 bits per heavy atom. The molecule has 0 bridgehead atoms. The summed E-state index contributed by atoms with van der Waals surface area (Å²) in [6, 6.07) is 3.30. The summed E-state index contributed by atoms with van der Waals surface area (Å²) < 4.78 is 27.2. The summed E-state index contributed by atoms with van der Waals surface area (Å²) >= 11 is 3.04. The van der Waals surface area contributed by atoms with E-state index < -0.39 is 11.6 Å². The minimum absolute atomic E-state index is 0.0193. The Morgan fingerprint density at radius 3 is 2.82 bits per heavy atom. The predicted molar refractivity (Wildman–Crippen MR) is 68.7 cm³/mol. The molecular weight excluding hydrogens is 288 g/mol. The highest BCUT2D eigenvalue weighted by atomic mass is 79.9. The van der Waals surface area contributed by atoms with Gasteiger partial charge in [0.05, 0.1) is 4.47 Å². The van der Waals surface area contributed by atoms with Gasteiger partial charge in [-0.15, -0.1) is 0 Å². The van der Waals surface area contributed by atoms with Crippen LogP contribution in [0.5, 0.6) is 0 Å². The van der Waals surface area contributed by atoms with Crippen LogP contribution in [0, 0.1) is 11.6 Å². The van der Waals surface area contributed by atoms with Gasteiger partial charge >= 0.3 is 0 Å². The highest BCUT2D eigenvalue weighted by Gasteiger charge is 2.19. The smallest absolute Gasteiger partial charge is 0.147 e. The number of benzene rings is 1. The zero-order valence-corrected chi connectivity index (χ0v) is 10.9. The van der Waals surface area contributed by atoms with Gasteiger partial charge < -0.3 is 5.32 Å². The number of hydrogen-bond acceptors (Lipinski definition) is 1. The van der Waals surface area contributed by atoms with E-state index in [2.05, 4.69) is 21.2 Å². The predicted octanol–water partition coefficient (Wildman–Crippen LogP) is 3.88. The summed E-state index contributed by atoms with van der Waals surface area (Å²) in [5.74, 6) is -1.08. The number of nitrogens with one attached hydrogen (secondary N) is 1. The third-order valence-electron chi connectivity index (χ3n) is 2.69. The highest BCUT2D eigenvalue weighted by Crippen LogP contribution is 2.22. The first kappa shape index (κ1) is 12.7. The van der Waals surface area contributed by atoms with Crippen LogP contribution in [-0.2, 0) is 0 Å². The second-order valence-electron chi connectivity index (χ2n) is 4.18. The molecule has 0 unspecified atom stereocenters. The fourth-order valence-electron chi connectivity index (χ4n) is 1.55. The van der Waals surface area contributed by atoms with E-state index >= 15 is 0 Å². The molecule has 1 fully saturated rings. The topological polar surface area (TPSA) is 12.0 Å². The second-order valence-corrected chi connectivity index (χ2v) is 5.03. The van der Waals surface area contributed by atoms with Crippen molar-refractivity contribution in [2.75, 3.05) is 6.54 Å². The van der Waals surface area contributed by atoms with Gasteiger partial charge in [-0.1, -0.05) is 12.2 Å². The first-order valence-electron chi connectivity index (χ1n) is 5.72. The Labute approximate surface area is 108 Å². The molecular formula is C13H14BrF2N. The van der Waals surface area contributed by atoms with Gasteiger partial charge in [0.15, 0.2) is 0 Å². The van der Waals surface area contributed by atoms with Crippen molar-refractivity contribution in [1.29, 1.82) is 0 Å². The molecule has 92 valence electrons. The Bertz CT molecular complexity index is 428. The molecule has 1 aromatic rings. The lowest BCUT2D eigenvalue weighted by Gasteiger charge is -2.02. The molecule has 0 heterocycles. The quantitative estimate of drug-likeness (QED) is 0.643. The first-order valence-corrected chi connectivity index (χ1v) is 6.51. The highest BCUT2D eigenvalue weighted by molar-refractivity contribution is 9.10. The maximum absolute atomic E-state index is 13.6. The van der Waals surface area contributed by atoms with Gasteiger partial charge in [0.1, 0.15) is 11.6 Å². The Hall–Kier alpha value is -0.740. The van der Waals surface area contributed by atoms with Crippen LogP contribution < -0.4 is 5.32 Å². The van der Waals surface area contributed by atoms with E-state index in [9.17, 15) is 8.78 Å². The Balaban J connectivity index is 1.92. The third-order valence-corrected chi connectivity index (χ3v) is 3.30. The summed E-state index contributed by atoms with van der Waals surface area (Å²) in [6.07, 6.45) is 6.58. The van der Waals surface area contributed by atoms with Gasteiger partial charge in [-0.05, 0) is 53.9 Å². The molecule has 0 aliphatic heterocycles. The fourth-order valence-corrected chi connectivity index (χ4v) is 1.90. The van der Waals surface area contributed by atoms with E-state index in [4.69, 9.17) is 0 Å². The maximum atomic E-state index is 13.6. The lowest BCUT2D eigenvalue weighted by molar-refractivity contribution is 0.574. The van der Waals surface area contributed by atoms with Crippen molar-refractivity contribution in [3.8, 4) is 0 Å². The standard InChI is InChI=1S/C13H14BrF2N/c14-11-6-7-12(15)10(13(11)16)3-1-2-8-17-9-4-5-9/h1,3,6-7,9,17H,2,4-5,8H2/b3-1+. The first-order chi connectivity index (χ1) is 8.18. The molecule has 1 saturated carbocycles. The maximum Gasteiger partial charge on any atom is 0.147 e. The summed E-state index contributed by atoms with van der Waals surface area (Å²) in [5.41, 5.74) is 0.0193. The molecule has 0 saturated heterocycles. The van der Waals surface area contributed by atoms with Crippen molar-refractivity contribution in [2.45, 2.75) is 25.3 Å². The van der Waals surface area contributed by atoms with Gasteiger partial charge in [-0.25, -0.2) is 8.78 Å². The second kappa shape index (κ2) is 5.74. The van der Waals surface area contributed by atoms with Crippen LogP contribution in [-0.4, -0.2) is 12.6 Å². The van der Waals surface area contributed by atoms with E-state index in [-0.39, 0.29) is 10.0 Å². The van der Waals surface area contributed by atoms with Gasteiger partial charge in [-0.3, -0.25) is 0 Å². The summed E-state index contributed by atoms with van der Waals surface area (Å²) in [5, 5.41) is 3.34. The largest absolute Gasteiger partial charge is 0.314 e. The zero-order valence-electron chi connectivity index (χ0n) is 9.35. The molecule has 17 heavy (non-hydrogen) atoms. The average Bonchev–Trinajstić information content (AvgIpc) is 3.11. The van der Waals surface area contributed by atoms with Crippen LogP contribution in [0.1, 0.15) is 24.8 Å². The van der Waals surface area contributed by atoms with Crippen LogP contribution in [0.15, 0.2) is 22.7 Å². The fraction of sp³-hybridized carbons (Fsp3) is 0.385. The lowest BCUT2D eigenvalue weighted by Crippen LogP contribution is -2.16. The van der Waals surface area contributed by atoms with Gasteiger partial charge in [0, 0.05) is 11.6 Å². The van der Waals surface area contributed by atoms with Gasteiger partial charge in [-0.2, -0.15) is 0 Å².